The summed E-state index contributed by atoms with van der Waals surface area (Å²) in [5, 5.41) is 4.84. The van der Waals surface area contributed by atoms with Crippen LogP contribution in [0.1, 0.15) is 25.2 Å². The average molecular weight is 280 g/mol. The molecule has 2 heterocycles. The van der Waals surface area contributed by atoms with Crippen molar-refractivity contribution in [2.75, 3.05) is 5.32 Å². The molecule has 2 aromatic heterocycles. The Hall–Kier alpha value is -1.89. The van der Waals surface area contributed by atoms with Crippen molar-refractivity contribution in [2.45, 2.75) is 33.4 Å². The molecular weight excluding hydrogens is 264 g/mol. The minimum absolute atomic E-state index is 0.0641. The molecule has 6 nitrogen and oxygen atoms in total. The van der Waals surface area contributed by atoms with Crippen molar-refractivity contribution in [3.8, 4) is 5.88 Å². The van der Waals surface area contributed by atoms with E-state index in [1.165, 1.54) is 0 Å². The zero-order valence-corrected chi connectivity index (χ0v) is 11.9. The van der Waals surface area contributed by atoms with Crippen LogP contribution in [0.4, 0.5) is 5.95 Å². The second-order valence-corrected chi connectivity index (χ2v) is 5.21. The second-order valence-electron chi connectivity index (χ2n) is 4.36. The Labute approximate surface area is 114 Å². The van der Waals surface area contributed by atoms with Gasteiger partial charge in [0, 0.05) is 22.8 Å². The van der Waals surface area contributed by atoms with E-state index in [2.05, 4.69) is 20.3 Å². The van der Waals surface area contributed by atoms with Gasteiger partial charge >= 0.3 is 4.87 Å². The number of anilines is 1. The van der Waals surface area contributed by atoms with Gasteiger partial charge in [0.2, 0.25) is 11.8 Å². The molecule has 2 rings (SSSR count). The first-order valence-corrected chi connectivity index (χ1v) is 6.84. The summed E-state index contributed by atoms with van der Waals surface area (Å²) >= 11 is 1.14. The lowest BCUT2D eigenvalue weighted by Gasteiger charge is -2.11. The van der Waals surface area contributed by atoms with E-state index in [4.69, 9.17) is 4.74 Å². The highest BCUT2D eigenvalue weighted by Crippen LogP contribution is 2.14. The standard InChI is InChI=1S/C12H16N4O2S/c1-7(2)18-10-4-8(3)14-11(16-10)13-5-9-6-19-12(17)15-9/h4,6-7H,5H2,1-3H3,(H,15,17)(H,13,14,16). The van der Waals surface area contributed by atoms with Crippen LogP contribution in [-0.2, 0) is 6.54 Å². The van der Waals surface area contributed by atoms with Crippen LogP contribution in [0.5, 0.6) is 5.88 Å². The Kier molecular flexibility index (Phi) is 4.16. The van der Waals surface area contributed by atoms with Gasteiger partial charge in [0.15, 0.2) is 0 Å². The monoisotopic (exact) mass is 280 g/mol. The van der Waals surface area contributed by atoms with Gasteiger partial charge in [-0.1, -0.05) is 11.3 Å². The van der Waals surface area contributed by atoms with E-state index in [-0.39, 0.29) is 11.0 Å². The molecular formula is C12H16N4O2S. The number of nitrogens with zero attached hydrogens (tertiary/aromatic N) is 2. The summed E-state index contributed by atoms with van der Waals surface area (Å²) in [6.07, 6.45) is 0.0652. The molecule has 0 unspecified atom stereocenters. The van der Waals surface area contributed by atoms with Crippen molar-refractivity contribution in [3.63, 3.8) is 0 Å². The van der Waals surface area contributed by atoms with Gasteiger partial charge in [0.25, 0.3) is 0 Å². The molecule has 0 aliphatic heterocycles. The third-order valence-corrected chi connectivity index (χ3v) is 2.91. The van der Waals surface area contributed by atoms with Gasteiger partial charge in [-0.15, -0.1) is 0 Å². The topological polar surface area (TPSA) is 79.9 Å². The van der Waals surface area contributed by atoms with Crippen LogP contribution < -0.4 is 14.9 Å². The Morgan fingerprint density at radius 3 is 2.89 bits per heavy atom. The summed E-state index contributed by atoms with van der Waals surface area (Å²) in [6.45, 7) is 6.25. The van der Waals surface area contributed by atoms with Crippen molar-refractivity contribution >= 4 is 17.3 Å². The minimum atomic E-state index is -0.0641. The van der Waals surface area contributed by atoms with Gasteiger partial charge in [0.05, 0.1) is 12.6 Å². The fourth-order valence-corrected chi connectivity index (χ4v) is 2.08. The van der Waals surface area contributed by atoms with E-state index in [0.29, 0.717) is 18.4 Å². The first kappa shape index (κ1) is 13.5. The average Bonchev–Trinajstić information content (AvgIpc) is 2.71. The summed E-state index contributed by atoms with van der Waals surface area (Å²) in [6, 6.07) is 1.79. The largest absolute Gasteiger partial charge is 0.475 e. The molecule has 7 heteroatoms. The van der Waals surface area contributed by atoms with E-state index < -0.39 is 0 Å². The van der Waals surface area contributed by atoms with E-state index in [9.17, 15) is 4.79 Å². The van der Waals surface area contributed by atoms with E-state index in [0.717, 1.165) is 22.7 Å². The molecule has 0 bridgehead atoms. The fraction of sp³-hybridized carbons (Fsp3) is 0.417. The summed E-state index contributed by atoms with van der Waals surface area (Å²) in [5.41, 5.74) is 1.64. The number of ether oxygens (including phenoxy) is 1. The number of hydrogen-bond donors (Lipinski definition) is 2. The van der Waals surface area contributed by atoms with Crippen molar-refractivity contribution < 1.29 is 4.74 Å². The molecule has 2 N–H and O–H groups in total. The lowest BCUT2D eigenvalue weighted by Crippen LogP contribution is -2.10. The highest BCUT2D eigenvalue weighted by atomic mass is 32.1. The Bertz CT molecular complexity index is 606. The molecule has 0 fully saturated rings. The quantitative estimate of drug-likeness (QED) is 0.875. The molecule has 102 valence electrons. The molecule has 0 atom stereocenters. The van der Waals surface area contributed by atoms with Gasteiger partial charge in [-0.3, -0.25) is 4.79 Å². The van der Waals surface area contributed by atoms with Crippen LogP contribution in [-0.4, -0.2) is 21.1 Å². The van der Waals surface area contributed by atoms with E-state index in [1.807, 2.05) is 20.8 Å². The maximum absolute atomic E-state index is 11.0. The zero-order chi connectivity index (χ0) is 13.8. The van der Waals surface area contributed by atoms with Gasteiger partial charge < -0.3 is 15.0 Å². The molecule has 0 saturated carbocycles. The third kappa shape index (κ3) is 4.06. The normalized spacial score (nSPS) is 10.7. The molecule has 0 aliphatic carbocycles. The number of H-pyrrole nitrogens is 1. The molecule has 0 amide bonds. The maximum Gasteiger partial charge on any atom is 0.304 e. The number of aromatic amines is 1. The third-order valence-electron chi connectivity index (χ3n) is 2.19. The molecule has 0 radical (unpaired) electrons. The van der Waals surface area contributed by atoms with Gasteiger partial charge in [-0.05, 0) is 20.8 Å². The Morgan fingerprint density at radius 1 is 1.47 bits per heavy atom. The smallest absolute Gasteiger partial charge is 0.304 e. The van der Waals surface area contributed by atoms with Crippen LogP contribution in [0.3, 0.4) is 0 Å². The number of thiazole rings is 1. The molecule has 0 aromatic carbocycles. The van der Waals surface area contributed by atoms with Crippen molar-refractivity contribution in [2.24, 2.45) is 0 Å². The van der Waals surface area contributed by atoms with Crippen LogP contribution >= 0.6 is 11.3 Å². The predicted molar refractivity (Wildman–Crippen MR) is 74.8 cm³/mol. The minimum Gasteiger partial charge on any atom is -0.475 e. The van der Waals surface area contributed by atoms with Crippen molar-refractivity contribution in [1.29, 1.82) is 0 Å². The van der Waals surface area contributed by atoms with Crippen LogP contribution in [0, 0.1) is 6.92 Å². The molecule has 0 aliphatic rings. The van der Waals surface area contributed by atoms with Crippen LogP contribution in [0.15, 0.2) is 16.2 Å². The van der Waals surface area contributed by atoms with Gasteiger partial charge in [0.1, 0.15) is 0 Å². The Morgan fingerprint density at radius 2 is 2.26 bits per heavy atom. The van der Waals surface area contributed by atoms with Gasteiger partial charge in [-0.2, -0.15) is 4.98 Å². The highest BCUT2D eigenvalue weighted by molar-refractivity contribution is 7.07. The lowest BCUT2D eigenvalue weighted by molar-refractivity contribution is 0.232. The highest BCUT2D eigenvalue weighted by Gasteiger charge is 2.05. The molecule has 0 spiro atoms. The Balaban J connectivity index is 2.07. The number of rotatable bonds is 5. The van der Waals surface area contributed by atoms with Crippen molar-refractivity contribution in [3.05, 3.63) is 32.5 Å². The van der Waals surface area contributed by atoms with E-state index in [1.54, 1.807) is 11.4 Å². The number of hydrogen-bond acceptors (Lipinski definition) is 6. The first-order valence-electron chi connectivity index (χ1n) is 5.96. The number of aryl methyl sites for hydroxylation is 1. The summed E-state index contributed by atoms with van der Waals surface area (Å²) in [4.78, 5) is 22.2. The predicted octanol–water partition coefficient (Wildman–Crippen LogP) is 1.93. The second kappa shape index (κ2) is 5.83. The van der Waals surface area contributed by atoms with Crippen LogP contribution in [0.25, 0.3) is 0 Å². The SMILES string of the molecule is Cc1cc(OC(C)C)nc(NCc2csc(=O)[nH]2)n1. The maximum atomic E-state index is 11.0. The molecule has 19 heavy (non-hydrogen) atoms. The molecule has 0 saturated heterocycles. The first-order chi connectivity index (χ1) is 9.02. The van der Waals surface area contributed by atoms with Gasteiger partial charge in [-0.25, -0.2) is 4.98 Å². The fourth-order valence-electron chi connectivity index (χ4n) is 1.50. The summed E-state index contributed by atoms with van der Waals surface area (Å²) < 4.78 is 5.54. The molecule has 2 aromatic rings. The zero-order valence-electron chi connectivity index (χ0n) is 11.1. The number of aromatic nitrogens is 3. The summed E-state index contributed by atoms with van der Waals surface area (Å²) in [7, 11) is 0. The van der Waals surface area contributed by atoms with E-state index >= 15 is 0 Å². The summed E-state index contributed by atoms with van der Waals surface area (Å²) in [5.74, 6) is 1.03. The number of nitrogens with one attached hydrogen (secondary N) is 2. The van der Waals surface area contributed by atoms with Crippen LogP contribution in [0.2, 0.25) is 0 Å². The van der Waals surface area contributed by atoms with Crippen molar-refractivity contribution in [1.82, 2.24) is 15.0 Å². The lowest BCUT2D eigenvalue weighted by atomic mass is 10.4.